The van der Waals surface area contributed by atoms with Crippen LogP contribution in [0.25, 0.3) is 49.4 Å². The molecule has 3 heterocycles. The lowest BCUT2D eigenvalue weighted by Crippen LogP contribution is -2.15. The Morgan fingerprint density at radius 2 is 1.28 bits per heavy atom. The molecular formula is C33H21N3. The van der Waals surface area contributed by atoms with Crippen LogP contribution in [0.3, 0.4) is 0 Å². The second-order valence-corrected chi connectivity index (χ2v) is 9.30. The Morgan fingerprint density at radius 3 is 2.14 bits per heavy atom. The van der Waals surface area contributed by atoms with Crippen LogP contribution in [0.5, 0.6) is 0 Å². The van der Waals surface area contributed by atoms with Crippen LogP contribution in [0.15, 0.2) is 128 Å². The Kier molecular flexibility index (Phi) is 3.94. The summed E-state index contributed by atoms with van der Waals surface area (Å²) in [5.41, 5.74) is 9.59. The van der Waals surface area contributed by atoms with E-state index < -0.39 is 0 Å². The minimum Gasteiger partial charge on any atom is -0.309 e. The van der Waals surface area contributed by atoms with E-state index in [0.29, 0.717) is 0 Å². The maximum Gasteiger partial charge on any atom is 0.0562 e. The second-order valence-electron chi connectivity index (χ2n) is 9.30. The molecular weight excluding hydrogens is 438 g/mol. The second kappa shape index (κ2) is 7.30. The highest BCUT2D eigenvalue weighted by molar-refractivity contribution is 6.18. The van der Waals surface area contributed by atoms with Crippen LogP contribution >= 0.6 is 0 Å². The molecule has 0 saturated carbocycles. The molecule has 0 saturated heterocycles. The molecule has 0 fully saturated rings. The van der Waals surface area contributed by atoms with E-state index in [-0.39, 0.29) is 0 Å². The summed E-state index contributed by atoms with van der Waals surface area (Å²) in [5, 5.41) is 5.07. The topological polar surface area (TPSA) is 21.1 Å². The predicted molar refractivity (Wildman–Crippen MR) is 150 cm³/mol. The van der Waals surface area contributed by atoms with Gasteiger partial charge in [-0.15, -0.1) is 0 Å². The standard InChI is InChI=1S/C33H21N3/c1-2-10-23(11-3-1)35-29-14-5-4-12-25(29)27-20-28-26-13-6-8-22-9-7-15-30(33(22)26)36(32(28)21-31(27)35)24-16-18-34-19-17-24/h1-21H. The van der Waals surface area contributed by atoms with Crippen molar-refractivity contribution in [2.45, 2.75) is 0 Å². The monoisotopic (exact) mass is 459 g/mol. The van der Waals surface area contributed by atoms with E-state index in [1.165, 1.54) is 55.1 Å². The molecule has 0 radical (unpaired) electrons. The molecule has 0 aliphatic carbocycles. The van der Waals surface area contributed by atoms with E-state index in [9.17, 15) is 0 Å². The third-order valence-electron chi connectivity index (χ3n) is 7.38. The highest BCUT2D eigenvalue weighted by Crippen LogP contribution is 2.52. The first-order chi connectivity index (χ1) is 17.9. The first-order valence-corrected chi connectivity index (χ1v) is 12.2. The fraction of sp³-hybridized carbons (Fsp3) is 0. The zero-order chi connectivity index (χ0) is 23.6. The zero-order valence-electron chi connectivity index (χ0n) is 19.5. The van der Waals surface area contributed by atoms with E-state index in [0.717, 1.165) is 11.4 Å². The van der Waals surface area contributed by atoms with Crippen LogP contribution in [0.2, 0.25) is 0 Å². The zero-order valence-corrected chi connectivity index (χ0v) is 19.5. The average Bonchev–Trinajstić information content (AvgIpc) is 3.27. The fourth-order valence-electron chi connectivity index (χ4n) is 5.89. The van der Waals surface area contributed by atoms with Crippen LogP contribution in [0.1, 0.15) is 0 Å². The quantitative estimate of drug-likeness (QED) is 0.258. The lowest BCUT2D eigenvalue weighted by atomic mass is 9.90. The number of aromatic nitrogens is 2. The van der Waals surface area contributed by atoms with Gasteiger partial charge in [0.2, 0.25) is 0 Å². The van der Waals surface area contributed by atoms with Gasteiger partial charge in [-0.1, -0.05) is 66.7 Å². The predicted octanol–water partition coefficient (Wildman–Crippen LogP) is 8.78. The lowest BCUT2D eigenvalue weighted by molar-refractivity contribution is 1.18. The molecule has 2 aromatic heterocycles. The number of rotatable bonds is 2. The molecule has 5 aromatic carbocycles. The molecule has 0 unspecified atom stereocenters. The van der Waals surface area contributed by atoms with Gasteiger partial charge < -0.3 is 9.47 Å². The number of benzene rings is 5. The summed E-state index contributed by atoms with van der Waals surface area (Å²) in [6, 6.07) is 41.5. The number of hydrogen-bond donors (Lipinski definition) is 0. The van der Waals surface area contributed by atoms with Gasteiger partial charge in [-0.05, 0) is 59.5 Å². The number of fused-ring (bicyclic) bond motifs is 5. The van der Waals surface area contributed by atoms with Crippen molar-refractivity contribution in [3.8, 4) is 16.8 Å². The van der Waals surface area contributed by atoms with Crippen LogP contribution in [-0.4, -0.2) is 9.55 Å². The van der Waals surface area contributed by atoms with Crippen LogP contribution in [0.4, 0.5) is 17.1 Å². The molecule has 0 spiro atoms. The van der Waals surface area contributed by atoms with Gasteiger partial charge in [0.05, 0.1) is 22.4 Å². The van der Waals surface area contributed by atoms with Crippen LogP contribution in [-0.2, 0) is 0 Å². The van der Waals surface area contributed by atoms with Gasteiger partial charge in [-0.3, -0.25) is 4.98 Å². The summed E-state index contributed by atoms with van der Waals surface area (Å²) in [4.78, 5) is 6.68. The maximum atomic E-state index is 4.29. The van der Waals surface area contributed by atoms with Crippen LogP contribution < -0.4 is 4.90 Å². The van der Waals surface area contributed by atoms with E-state index in [1.807, 2.05) is 12.4 Å². The van der Waals surface area contributed by atoms with Gasteiger partial charge in [0.1, 0.15) is 0 Å². The molecule has 7 aromatic rings. The summed E-state index contributed by atoms with van der Waals surface area (Å²) in [7, 11) is 0. The van der Waals surface area contributed by atoms with E-state index >= 15 is 0 Å². The Bertz CT molecular complexity index is 1930. The Balaban J connectivity index is 1.56. The third-order valence-corrected chi connectivity index (χ3v) is 7.38. The first kappa shape index (κ1) is 19.4. The molecule has 168 valence electrons. The normalized spacial score (nSPS) is 12.4. The van der Waals surface area contributed by atoms with Gasteiger partial charge in [0.15, 0.2) is 0 Å². The first-order valence-electron chi connectivity index (χ1n) is 12.2. The summed E-state index contributed by atoms with van der Waals surface area (Å²) >= 11 is 0. The number of para-hydroxylation sites is 2. The average molecular weight is 460 g/mol. The smallest absolute Gasteiger partial charge is 0.0562 e. The van der Waals surface area contributed by atoms with Crippen molar-refractivity contribution in [3.05, 3.63) is 128 Å². The van der Waals surface area contributed by atoms with Crippen molar-refractivity contribution >= 4 is 49.6 Å². The molecule has 1 aliphatic heterocycles. The minimum atomic E-state index is 1.11. The highest BCUT2D eigenvalue weighted by atomic mass is 15.2. The van der Waals surface area contributed by atoms with Crippen molar-refractivity contribution < 1.29 is 0 Å². The molecule has 0 N–H and O–H groups in total. The number of anilines is 3. The van der Waals surface area contributed by atoms with Crippen molar-refractivity contribution in [2.75, 3.05) is 4.90 Å². The Morgan fingerprint density at radius 1 is 0.500 bits per heavy atom. The number of hydrogen-bond acceptors (Lipinski definition) is 2. The van der Waals surface area contributed by atoms with Gasteiger partial charge in [-0.2, -0.15) is 0 Å². The third kappa shape index (κ3) is 2.60. The summed E-state index contributed by atoms with van der Waals surface area (Å²) < 4.78 is 2.39. The van der Waals surface area contributed by atoms with E-state index in [4.69, 9.17) is 0 Å². The Labute approximate surface area is 208 Å². The molecule has 8 rings (SSSR count). The number of pyridine rings is 1. The van der Waals surface area contributed by atoms with Crippen molar-refractivity contribution in [2.24, 2.45) is 0 Å². The molecule has 36 heavy (non-hydrogen) atoms. The minimum absolute atomic E-state index is 1.11. The van der Waals surface area contributed by atoms with Crippen LogP contribution in [0, 0.1) is 0 Å². The largest absolute Gasteiger partial charge is 0.309 e. The van der Waals surface area contributed by atoms with Gasteiger partial charge >= 0.3 is 0 Å². The molecule has 3 nitrogen and oxygen atoms in total. The number of nitrogens with zero attached hydrogens (tertiary/aromatic N) is 3. The molecule has 1 aliphatic rings. The van der Waals surface area contributed by atoms with Crippen molar-refractivity contribution in [3.63, 3.8) is 0 Å². The van der Waals surface area contributed by atoms with Crippen molar-refractivity contribution in [1.82, 2.24) is 9.55 Å². The lowest BCUT2D eigenvalue weighted by Gasteiger charge is -2.33. The van der Waals surface area contributed by atoms with E-state index in [1.54, 1.807) is 0 Å². The molecule has 0 bridgehead atoms. The fourth-order valence-corrected chi connectivity index (χ4v) is 5.89. The SMILES string of the molecule is c1ccc(-n2c3ccccc3c3cc4c(cc32)N(c2ccncc2)c2cccc3cccc-4c23)cc1. The van der Waals surface area contributed by atoms with Gasteiger partial charge in [0, 0.05) is 45.5 Å². The molecule has 3 heteroatoms. The van der Waals surface area contributed by atoms with Gasteiger partial charge in [-0.25, -0.2) is 0 Å². The molecule has 0 atom stereocenters. The maximum absolute atomic E-state index is 4.29. The summed E-state index contributed by atoms with van der Waals surface area (Å²) in [6.07, 6.45) is 3.74. The highest BCUT2D eigenvalue weighted by Gasteiger charge is 2.27. The summed E-state index contributed by atoms with van der Waals surface area (Å²) in [6.45, 7) is 0. The van der Waals surface area contributed by atoms with E-state index in [2.05, 4.69) is 130 Å². The van der Waals surface area contributed by atoms with Gasteiger partial charge in [0.25, 0.3) is 0 Å². The van der Waals surface area contributed by atoms with Crippen molar-refractivity contribution in [1.29, 1.82) is 0 Å². The Hall–Kier alpha value is -4.89. The summed E-state index contributed by atoms with van der Waals surface area (Å²) in [5.74, 6) is 0. The molecule has 0 amide bonds.